The number of aromatic nitrogens is 2. The summed E-state index contributed by atoms with van der Waals surface area (Å²) in [5.41, 5.74) is 3.16. The van der Waals surface area contributed by atoms with Crippen molar-refractivity contribution in [2.24, 2.45) is 0 Å². The van der Waals surface area contributed by atoms with E-state index in [1.54, 1.807) is 14.2 Å². The van der Waals surface area contributed by atoms with Crippen LogP contribution < -0.4 is 14.8 Å². The number of halogens is 1. The largest absolute Gasteiger partial charge is 0.497 e. The van der Waals surface area contributed by atoms with Crippen molar-refractivity contribution in [3.8, 4) is 11.5 Å². The maximum absolute atomic E-state index is 5.51. The summed E-state index contributed by atoms with van der Waals surface area (Å²) in [6, 6.07) is 14.1. The zero-order chi connectivity index (χ0) is 20.1. The molecule has 1 aliphatic rings. The minimum Gasteiger partial charge on any atom is -0.497 e. The van der Waals surface area contributed by atoms with E-state index in [0.29, 0.717) is 6.54 Å². The second kappa shape index (κ2) is 10.5. The van der Waals surface area contributed by atoms with Gasteiger partial charge in [0, 0.05) is 38.3 Å². The molecule has 0 bridgehead atoms. The summed E-state index contributed by atoms with van der Waals surface area (Å²) in [6.45, 7) is 6.03. The van der Waals surface area contributed by atoms with Crippen molar-refractivity contribution in [3.63, 3.8) is 0 Å². The van der Waals surface area contributed by atoms with Crippen molar-refractivity contribution in [1.29, 1.82) is 0 Å². The van der Waals surface area contributed by atoms with Crippen molar-refractivity contribution in [1.82, 2.24) is 14.5 Å². The molecule has 1 N–H and O–H groups in total. The third kappa shape index (κ3) is 4.98. The Kier molecular flexibility index (Phi) is 7.79. The van der Waals surface area contributed by atoms with Gasteiger partial charge in [-0.25, -0.2) is 4.98 Å². The Morgan fingerprint density at radius 2 is 1.83 bits per heavy atom. The highest BCUT2D eigenvalue weighted by Gasteiger charge is 2.15. The Morgan fingerprint density at radius 1 is 1.03 bits per heavy atom. The lowest BCUT2D eigenvalue weighted by atomic mass is 10.2. The van der Waals surface area contributed by atoms with Gasteiger partial charge in [0.1, 0.15) is 11.5 Å². The fourth-order valence-electron chi connectivity index (χ4n) is 3.70. The number of hydrogen-bond donors (Lipinski definition) is 1. The number of nitrogens with zero attached hydrogens (tertiary/aromatic N) is 3. The van der Waals surface area contributed by atoms with Crippen LogP contribution in [0.5, 0.6) is 11.5 Å². The second-order valence-electron chi connectivity index (χ2n) is 7.06. The van der Waals surface area contributed by atoms with E-state index in [9.17, 15) is 0 Å². The van der Waals surface area contributed by atoms with Crippen LogP contribution in [0, 0.1) is 0 Å². The molecule has 1 aliphatic heterocycles. The average molecular weight is 433 g/mol. The van der Waals surface area contributed by atoms with Gasteiger partial charge in [0.05, 0.1) is 38.5 Å². The Labute approximate surface area is 183 Å². The number of morpholine rings is 1. The fraction of sp³-hybridized carbons (Fsp3) is 0.409. The summed E-state index contributed by atoms with van der Waals surface area (Å²) >= 11 is 0. The summed E-state index contributed by atoms with van der Waals surface area (Å²) in [5.74, 6) is 2.50. The molecule has 0 aliphatic carbocycles. The van der Waals surface area contributed by atoms with Crippen LogP contribution in [0.15, 0.2) is 42.5 Å². The van der Waals surface area contributed by atoms with Gasteiger partial charge in [0.2, 0.25) is 5.95 Å². The topological polar surface area (TPSA) is 60.8 Å². The maximum atomic E-state index is 5.51. The smallest absolute Gasteiger partial charge is 0.204 e. The van der Waals surface area contributed by atoms with Crippen LogP contribution in [-0.2, 0) is 17.8 Å². The van der Waals surface area contributed by atoms with Crippen LogP contribution in [0.25, 0.3) is 11.0 Å². The van der Waals surface area contributed by atoms with Crippen LogP contribution >= 0.6 is 12.4 Å². The lowest BCUT2D eigenvalue weighted by Gasteiger charge is -2.27. The first-order chi connectivity index (χ1) is 14.3. The first-order valence-electron chi connectivity index (χ1n) is 9.98. The van der Waals surface area contributed by atoms with E-state index < -0.39 is 0 Å². The molecule has 30 heavy (non-hydrogen) atoms. The number of anilines is 1. The standard InChI is InChI=1S/C22H28N4O3.ClH/c1-27-18-7-8-21(28-2)17(15-18)16-23-22-24-19-5-3-4-6-20(19)26(22)10-9-25-11-13-29-14-12-25;/h3-8,15H,9-14,16H2,1-2H3,(H,23,24);1H. The number of imidazole rings is 1. The molecule has 1 saturated heterocycles. The van der Waals surface area contributed by atoms with Gasteiger partial charge in [0.15, 0.2) is 0 Å². The van der Waals surface area contributed by atoms with E-state index >= 15 is 0 Å². The molecular formula is C22H29ClN4O3. The van der Waals surface area contributed by atoms with Gasteiger partial charge in [0.25, 0.3) is 0 Å². The zero-order valence-corrected chi connectivity index (χ0v) is 18.3. The van der Waals surface area contributed by atoms with Gasteiger partial charge in [-0.15, -0.1) is 12.4 Å². The molecule has 1 aromatic heterocycles. The van der Waals surface area contributed by atoms with Crippen LogP contribution in [0.1, 0.15) is 5.56 Å². The second-order valence-corrected chi connectivity index (χ2v) is 7.06. The number of rotatable bonds is 8. The number of methoxy groups -OCH3 is 2. The highest BCUT2D eigenvalue weighted by atomic mass is 35.5. The molecule has 4 rings (SSSR count). The molecule has 0 spiro atoms. The van der Waals surface area contributed by atoms with E-state index in [0.717, 1.165) is 73.4 Å². The van der Waals surface area contributed by atoms with Crippen molar-refractivity contribution in [2.75, 3.05) is 52.4 Å². The number of fused-ring (bicyclic) bond motifs is 1. The van der Waals surface area contributed by atoms with E-state index in [-0.39, 0.29) is 12.4 Å². The highest BCUT2D eigenvalue weighted by Crippen LogP contribution is 2.26. The SMILES string of the molecule is COc1ccc(OC)c(CNc2nc3ccccc3n2CCN2CCOCC2)c1.Cl. The lowest BCUT2D eigenvalue weighted by molar-refractivity contribution is 0.0366. The van der Waals surface area contributed by atoms with Crippen LogP contribution in [0.3, 0.4) is 0 Å². The molecule has 0 saturated carbocycles. The summed E-state index contributed by atoms with van der Waals surface area (Å²) in [4.78, 5) is 7.26. The molecular weight excluding hydrogens is 404 g/mol. The van der Waals surface area contributed by atoms with Gasteiger partial charge < -0.3 is 24.1 Å². The molecule has 0 unspecified atom stereocenters. The zero-order valence-electron chi connectivity index (χ0n) is 17.5. The lowest BCUT2D eigenvalue weighted by Crippen LogP contribution is -2.38. The quantitative estimate of drug-likeness (QED) is 0.588. The Morgan fingerprint density at radius 3 is 2.60 bits per heavy atom. The summed E-state index contributed by atoms with van der Waals surface area (Å²) < 4.78 is 18.6. The van der Waals surface area contributed by atoms with Crippen molar-refractivity contribution in [3.05, 3.63) is 48.0 Å². The van der Waals surface area contributed by atoms with Gasteiger partial charge in [-0.3, -0.25) is 4.90 Å². The van der Waals surface area contributed by atoms with Gasteiger partial charge in [-0.2, -0.15) is 0 Å². The molecule has 3 aromatic rings. The Bertz CT molecular complexity index is 957. The minimum atomic E-state index is 0. The number of nitrogens with one attached hydrogen (secondary N) is 1. The number of hydrogen-bond acceptors (Lipinski definition) is 6. The summed E-state index contributed by atoms with van der Waals surface area (Å²) in [7, 11) is 3.35. The van der Waals surface area contributed by atoms with E-state index in [4.69, 9.17) is 19.2 Å². The number of benzene rings is 2. The summed E-state index contributed by atoms with van der Waals surface area (Å²) in [5, 5.41) is 3.51. The normalized spacial score (nSPS) is 14.3. The Hall–Kier alpha value is -2.48. The number of ether oxygens (including phenoxy) is 3. The highest BCUT2D eigenvalue weighted by molar-refractivity contribution is 5.85. The molecule has 2 heterocycles. The fourth-order valence-corrected chi connectivity index (χ4v) is 3.70. The van der Waals surface area contributed by atoms with Crippen LogP contribution in [0.2, 0.25) is 0 Å². The predicted molar refractivity (Wildman–Crippen MR) is 121 cm³/mol. The van der Waals surface area contributed by atoms with Crippen LogP contribution in [-0.4, -0.2) is 61.5 Å². The predicted octanol–water partition coefficient (Wildman–Crippen LogP) is 3.42. The molecule has 8 heteroatoms. The Balaban J connectivity index is 0.00000256. The monoisotopic (exact) mass is 432 g/mol. The molecule has 0 amide bonds. The molecule has 0 radical (unpaired) electrons. The molecule has 1 fully saturated rings. The van der Waals surface area contributed by atoms with E-state index in [1.165, 1.54) is 0 Å². The molecule has 7 nitrogen and oxygen atoms in total. The van der Waals surface area contributed by atoms with Gasteiger partial charge in [-0.05, 0) is 30.3 Å². The summed E-state index contributed by atoms with van der Waals surface area (Å²) in [6.07, 6.45) is 0. The first-order valence-corrected chi connectivity index (χ1v) is 9.98. The van der Waals surface area contributed by atoms with E-state index in [2.05, 4.69) is 33.0 Å². The third-order valence-electron chi connectivity index (χ3n) is 5.32. The average Bonchev–Trinajstić information content (AvgIpc) is 3.14. The third-order valence-corrected chi connectivity index (χ3v) is 5.32. The van der Waals surface area contributed by atoms with Crippen molar-refractivity contribution in [2.45, 2.75) is 13.1 Å². The molecule has 2 aromatic carbocycles. The van der Waals surface area contributed by atoms with Crippen LogP contribution in [0.4, 0.5) is 5.95 Å². The number of para-hydroxylation sites is 2. The van der Waals surface area contributed by atoms with Gasteiger partial charge in [-0.1, -0.05) is 12.1 Å². The van der Waals surface area contributed by atoms with Gasteiger partial charge >= 0.3 is 0 Å². The van der Waals surface area contributed by atoms with Crippen molar-refractivity contribution < 1.29 is 14.2 Å². The first kappa shape index (κ1) is 22.2. The van der Waals surface area contributed by atoms with E-state index in [1.807, 2.05) is 24.3 Å². The molecule has 0 atom stereocenters. The molecule has 162 valence electrons. The maximum Gasteiger partial charge on any atom is 0.204 e. The minimum absolute atomic E-state index is 0. The van der Waals surface area contributed by atoms with Crippen molar-refractivity contribution >= 4 is 29.4 Å².